The molecule has 1 heterocycles. The van der Waals surface area contributed by atoms with Crippen LogP contribution < -0.4 is 5.73 Å². The minimum absolute atomic E-state index is 0.125. The molecule has 0 amide bonds. The van der Waals surface area contributed by atoms with Gasteiger partial charge in [0.05, 0.1) is 6.04 Å². The lowest BCUT2D eigenvalue weighted by Crippen LogP contribution is -2.30. The molecule has 3 rings (SSSR count). The van der Waals surface area contributed by atoms with Crippen LogP contribution in [0.15, 0.2) is 42.5 Å². The molecule has 0 saturated carbocycles. The zero-order valence-electron chi connectivity index (χ0n) is 11.0. The standard InChI is InChI=1S/C16H16ClFN2/c17-13-5-6-14(15(18)7-13)16(8-19)20-9-11-3-1-2-4-12(11)10-20/h1-7,16H,8-10,19H2. The lowest BCUT2D eigenvalue weighted by molar-refractivity contribution is 0.201. The van der Waals surface area contributed by atoms with Gasteiger partial charge in [-0.3, -0.25) is 4.90 Å². The first-order valence-electron chi connectivity index (χ1n) is 6.65. The third-order valence-electron chi connectivity index (χ3n) is 3.85. The maximum absolute atomic E-state index is 14.1. The maximum Gasteiger partial charge on any atom is 0.129 e. The van der Waals surface area contributed by atoms with Crippen LogP contribution in [0.25, 0.3) is 0 Å². The fourth-order valence-corrected chi connectivity index (χ4v) is 2.98. The highest BCUT2D eigenvalue weighted by Gasteiger charge is 2.27. The minimum atomic E-state index is -0.288. The number of rotatable bonds is 3. The van der Waals surface area contributed by atoms with Gasteiger partial charge in [0.2, 0.25) is 0 Å². The predicted octanol–water partition coefficient (Wildman–Crippen LogP) is 3.49. The van der Waals surface area contributed by atoms with Crippen LogP contribution >= 0.6 is 11.6 Å². The molecule has 1 atom stereocenters. The van der Waals surface area contributed by atoms with Crippen molar-refractivity contribution in [3.8, 4) is 0 Å². The Bertz CT molecular complexity index is 605. The monoisotopic (exact) mass is 290 g/mol. The molecule has 4 heteroatoms. The van der Waals surface area contributed by atoms with Crippen molar-refractivity contribution >= 4 is 11.6 Å². The molecule has 2 aromatic carbocycles. The van der Waals surface area contributed by atoms with Crippen LogP contribution in [-0.2, 0) is 13.1 Å². The van der Waals surface area contributed by atoms with E-state index < -0.39 is 0 Å². The fraction of sp³-hybridized carbons (Fsp3) is 0.250. The van der Waals surface area contributed by atoms with Crippen molar-refractivity contribution in [2.75, 3.05) is 6.54 Å². The van der Waals surface area contributed by atoms with Crippen molar-refractivity contribution in [2.24, 2.45) is 5.73 Å². The molecule has 0 aliphatic carbocycles. The summed E-state index contributed by atoms with van der Waals surface area (Å²) < 4.78 is 14.1. The minimum Gasteiger partial charge on any atom is -0.329 e. The van der Waals surface area contributed by atoms with Gasteiger partial charge in [0.25, 0.3) is 0 Å². The molecule has 0 spiro atoms. The molecule has 20 heavy (non-hydrogen) atoms. The van der Waals surface area contributed by atoms with Crippen molar-refractivity contribution in [1.29, 1.82) is 0 Å². The summed E-state index contributed by atoms with van der Waals surface area (Å²) in [6.45, 7) is 1.99. The predicted molar refractivity (Wildman–Crippen MR) is 78.9 cm³/mol. The number of nitrogens with two attached hydrogens (primary N) is 1. The quantitative estimate of drug-likeness (QED) is 0.937. The Morgan fingerprint density at radius 3 is 2.35 bits per heavy atom. The second-order valence-electron chi connectivity index (χ2n) is 5.09. The van der Waals surface area contributed by atoms with Gasteiger partial charge < -0.3 is 5.73 Å². The van der Waals surface area contributed by atoms with E-state index in [0.29, 0.717) is 17.1 Å². The molecule has 0 bridgehead atoms. The zero-order valence-corrected chi connectivity index (χ0v) is 11.8. The normalized spacial score (nSPS) is 16.1. The summed E-state index contributed by atoms with van der Waals surface area (Å²) in [5.74, 6) is -0.288. The van der Waals surface area contributed by atoms with Gasteiger partial charge in [-0.05, 0) is 23.3 Å². The topological polar surface area (TPSA) is 29.3 Å². The van der Waals surface area contributed by atoms with Crippen LogP contribution in [0.2, 0.25) is 5.02 Å². The Kier molecular flexibility index (Phi) is 3.74. The van der Waals surface area contributed by atoms with Crippen LogP contribution in [0.5, 0.6) is 0 Å². The Balaban J connectivity index is 1.89. The molecule has 2 aromatic rings. The smallest absolute Gasteiger partial charge is 0.129 e. The van der Waals surface area contributed by atoms with E-state index in [1.807, 2.05) is 12.1 Å². The van der Waals surface area contributed by atoms with E-state index in [1.54, 1.807) is 12.1 Å². The van der Waals surface area contributed by atoms with E-state index in [2.05, 4.69) is 17.0 Å². The van der Waals surface area contributed by atoms with Gasteiger partial charge in [-0.1, -0.05) is 41.9 Å². The SMILES string of the molecule is NCC(c1ccc(Cl)cc1F)N1Cc2ccccc2C1. The zero-order chi connectivity index (χ0) is 14.1. The number of hydrogen-bond acceptors (Lipinski definition) is 2. The summed E-state index contributed by atoms with van der Waals surface area (Å²) in [6, 6.07) is 13.0. The molecular weight excluding hydrogens is 275 g/mol. The van der Waals surface area contributed by atoms with Crippen LogP contribution in [-0.4, -0.2) is 11.4 Å². The fourth-order valence-electron chi connectivity index (χ4n) is 2.82. The second-order valence-corrected chi connectivity index (χ2v) is 5.53. The average molecular weight is 291 g/mol. The van der Waals surface area contributed by atoms with Gasteiger partial charge in [-0.2, -0.15) is 0 Å². The molecule has 1 aliphatic heterocycles. The Hall–Kier alpha value is -1.42. The molecule has 0 radical (unpaired) electrons. The highest BCUT2D eigenvalue weighted by molar-refractivity contribution is 6.30. The molecule has 2 nitrogen and oxygen atoms in total. The first-order chi connectivity index (χ1) is 9.69. The Labute approximate surface area is 123 Å². The van der Waals surface area contributed by atoms with E-state index in [-0.39, 0.29) is 11.9 Å². The third kappa shape index (κ3) is 2.44. The number of benzene rings is 2. The summed E-state index contributed by atoms with van der Waals surface area (Å²) in [7, 11) is 0. The summed E-state index contributed by atoms with van der Waals surface area (Å²) in [4.78, 5) is 2.21. The molecule has 2 N–H and O–H groups in total. The number of fused-ring (bicyclic) bond motifs is 1. The Morgan fingerprint density at radius 2 is 1.80 bits per heavy atom. The number of nitrogens with zero attached hydrogens (tertiary/aromatic N) is 1. The second kappa shape index (κ2) is 5.52. The lowest BCUT2D eigenvalue weighted by Gasteiger charge is -2.27. The highest BCUT2D eigenvalue weighted by atomic mass is 35.5. The highest BCUT2D eigenvalue weighted by Crippen LogP contribution is 2.32. The van der Waals surface area contributed by atoms with Gasteiger partial charge >= 0.3 is 0 Å². The van der Waals surface area contributed by atoms with Crippen molar-refractivity contribution in [3.63, 3.8) is 0 Å². The van der Waals surface area contributed by atoms with Crippen molar-refractivity contribution < 1.29 is 4.39 Å². The van der Waals surface area contributed by atoms with Crippen LogP contribution in [0, 0.1) is 5.82 Å². The van der Waals surface area contributed by atoms with Crippen LogP contribution in [0.4, 0.5) is 4.39 Å². The first-order valence-corrected chi connectivity index (χ1v) is 7.02. The molecule has 0 fully saturated rings. The van der Waals surface area contributed by atoms with Crippen molar-refractivity contribution in [2.45, 2.75) is 19.1 Å². The summed E-state index contributed by atoms with van der Waals surface area (Å²) >= 11 is 5.81. The summed E-state index contributed by atoms with van der Waals surface area (Å²) in [5, 5.41) is 0.409. The number of hydrogen-bond donors (Lipinski definition) is 1. The van der Waals surface area contributed by atoms with E-state index in [4.69, 9.17) is 17.3 Å². The lowest BCUT2D eigenvalue weighted by atomic mass is 10.0. The molecule has 0 aromatic heterocycles. The van der Waals surface area contributed by atoms with E-state index in [0.717, 1.165) is 13.1 Å². The average Bonchev–Trinajstić information content (AvgIpc) is 2.85. The van der Waals surface area contributed by atoms with E-state index in [9.17, 15) is 4.39 Å². The van der Waals surface area contributed by atoms with Crippen molar-refractivity contribution in [3.05, 3.63) is 70.0 Å². The molecular formula is C16H16ClFN2. The third-order valence-corrected chi connectivity index (χ3v) is 4.09. The summed E-state index contributed by atoms with van der Waals surface area (Å²) in [5.41, 5.74) is 9.08. The van der Waals surface area contributed by atoms with Gasteiger partial charge in [0.1, 0.15) is 5.82 Å². The molecule has 1 unspecified atom stereocenters. The Morgan fingerprint density at radius 1 is 1.15 bits per heavy atom. The first kappa shape index (κ1) is 13.6. The molecule has 104 valence electrons. The van der Waals surface area contributed by atoms with Crippen molar-refractivity contribution in [1.82, 2.24) is 4.90 Å². The summed E-state index contributed by atoms with van der Waals surface area (Å²) in [6.07, 6.45) is 0. The van der Waals surface area contributed by atoms with Gasteiger partial charge in [0.15, 0.2) is 0 Å². The van der Waals surface area contributed by atoms with E-state index in [1.165, 1.54) is 17.2 Å². The van der Waals surface area contributed by atoms with Crippen LogP contribution in [0.1, 0.15) is 22.7 Å². The molecule has 0 saturated heterocycles. The maximum atomic E-state index is 14.1. The van der Waals surface area contributed by atoms with Gasteiger partial charge in [0, 0.05) is 30.2 Å². The van der Waals surface area contributed by atoms with Gasteiger partial charge in [-0.15, -0.1) is 0 Å². The largest absolute Gasteiger partial charge is 0.329 e. The van der Waals surface area contributed by atoms with Gasteiger partial charge in [-0.25, -0.2) is 4.39 Å². The number of halogens is 2. The van der Waals surface area contributed by atoms with Crippen LogP contribution in [0.3, 0.4) is 0 Å². The van der Waals surface area contributed by atoms with E-state index >= 15 is 0 Å². The molecule has 1 aliphatic rings.